The average molecular weight is 1480 g/mol. The summed E-state index contributed by atoms with van der Waals surface area (Å²) in [5.41, 5.74) is 9.89. The van der Waals surface area contributed by atoms with Gasteiger partial charge in [-0.05, 0) is 223 Å². The zero-order valence-corrected chi connectivity index (χ0v) is 66.1. The van der Waals surface area contributed by atoms with E-state index in [9.17, 15) is 33.9 Å². The van der Waals surface area contributed by atoms with Gasteiger partial charge >= 0.3 is 17.9 Å². The van der Waals surface area contributed by atoms with Gasteiger partial charge in [-0.3, -0.25) is 14.4 Å². The molecule has 8 aliphatic rings. The first-order valence-electron chi connectivity index (χ1n) is 37.1. The number of allylic oxidation sites excluding steroid dienone is 4. The Morgan fingerprint density at radius 1 is 0.534 bits per heavy atom. The number of esters is 2. The van der Waals surface area contributed by atoms with Crippen LogP contribution in [0.4, 0.5) is 17.1 Å². The third-order valence-electron chi connectivity index (χ3n) is 18.9. The van der Waals surface area contributed by atoms with Crippen molar-refractivity contribution in [3.05, 3.63) is 70.8 Å². The molecule has 0 aromatic carbocycles. The van der Waals surface area contributed by atoms with Gasteiger partial charge in [-0.15, -0.1) is 34.0 Å². The number of ketones is 2. The van der Waals surface area contributed by atoms with E-state index in [1.54, 1.807) is 13.0 Å². The SMILES string of the molecule is CC(=O)[C@@H]1CC=C(C)CC1.CC1=CC[C@@H](C(=O)N(c2cc(C#CC(C)(C)C)sc2C(=O)O)C2CCC(O[C@H]3CCOC3)CC2)CC1.COC(=O)c1sc(C#CC(C)(C)C)cc1N.COC(=O)c1sc(C#CC(C)(C)C)cc1NC1CCC(O[C@H]2CCOC2)CC1.O=C1CCC(O[C@H]2CCOC2)CC1. The number of amides is 1. The van der Waals surface area contributed by atoms with Gasteiger partial charge in [0.25, 0.3) is 0 Å². The van der Waals surface area contributed by atoms with Crippen LogP contribution in [0, 0.1) is 63.6 Å². The molecule has 6 heterocycles. The van der Waals surface area contributed by atoms with E-state index in [-0.39, 0.29) is 63.3 Å². The molecular weight excluding hydrogens is 1360 g/mol. The summed E-state index contributed by atoms with van der Waals surface area (Å²) >= 11 is 3.82. The molecule has 3 saturated carbocycles. The lowest BCUT2D eigenvalue weighted by Crippen LogP contribution is -2.47. The second-order valence-corrected chi connectivity index (χ2v) is 34.5. The molecule has 21 heteroatoms. The Balaban J connectivity index is 0.000000195. The molecule has 103 heavy (non-hydrogen) atoms. The van der Waals surface area contributed by atoms with Gasteiger partial charge in [0.05, 0.1) is 102 Å². The minimum absolute atomic E-state index is 0.0414. The minimum Gasteiger partial charge on any atom is -0.477 e. The first kappa shape index (κ1) is 84.1. The van der Waals surface area contributed by atoms with Crippen molar-refractivity contribution in [3.8, 4) is 35.5 Å². The summed E-state index contributed by atoms with van der Waals surface area (Å²) in [5, 5.41) is 13.6. The largest absolute Gasteiger partial charge is 0.477 e. The second-order valence-electron chi connectivity index (χ2n) is 31.4. The van der Waals surface area contributed by atoms with E-state index in [1.165, 1.54) is 59.4 Å². The van der Waals surface area contributed by atoms with E-state index in [0.29, 0.717) is 93.7 Å². The number of carbonyl (C=O) groups is 6. The van der Waals surface area contributed by atoms with Crippen LogP contribution in [0.3, 0.4) is 0 Å². The highest BCUT2D eigenvalue weighted by Crippen LogP contribution is 2.40. The molecular formula is C82H115N3O15S3. The molecule has 5 aliphatic carbocycles. The fourth-order valence-electron chi connectivity index (χ4n) is 13.0. The molecule has 6 fully saturated rings. The van der Waals surface area contributed by atoms with E-state index >= 15 is 0 Å². The molecule has 0 unspecified atom stereocenters. The second kappa shape index (κ2) is 40.5. The number of ether oxygens (including phenoxy) is 8. The summed E-state index contributed by atoms with van der Waals surface area (Å²) in [6.07, 6.45) is 25.1. The number of carbonyl (C=O) groups excluding carboxylic acids is 5. The van der Waals surface area contributed by atoms with Crippen molar-refractivity contribution >= 4 is 86.5 Å². The normalized spacial score (nSPS) is 24.2. The number of rotatable bonds is 15. The van der Waals surface area contributed by atoms with Gasteiger partial charge in [0.2, 0.25) is 5.91 Å². The van der Waals surface area contributed by atoms with Crippen LogP contribution in [0.25, 0.3) is 0 Å². The molecule has 566 valence electrons. The van der Waals surface area contributed by atoms with Gasteiger partial charge in [-0.2, -0.15) is 0 Å². The van der Waals surface area contributed by atoms with Gasteiger partial charge in [0, 0.05) is 72.8 Å². The van der Waals surface area contributed by atoms with Gasteiger partial charge in [-0.25, -0.2) is 14.4 Å². The molecule has 18 nitrogen and oxygen atoms in total. The van der Waals surface area contributed by atoms with Crippen LogP contribution in [0.15, 0.2) is 41.5 Å². The van der Waals surface area contributed by atoms with E-state index in [2.05, 4.69) is 92.3 Å². The standard InChI is InChI=1S/C29H39NO5S.C22H31NO4S.C12H15NO2S.C10H16O3.C9H14O/c1-19-5-7-20(8-6-19)27(31)30(21-9-11-22(12-10-21)35-23-14-16-34-18-23)25-17-24(13-15-29(2,3)4)36-26(25)28(32)33;1-22(2,3)11-9-18-13-19(20(28-18)21(24)25-4)23-15-5-7-16(8-6-15)27-17-10-12-26-14-17;1-12(2,3)6-5-8-7-9(13)10(16-8)11(14)15-4;11-8-1-3-9(4-2-8)13-10-5-6-12-7-10;1-7-3-5-9(6-4-7)8(2)10/h5,17,20-23H,6-12,14,16,18H2,1-4H3,(H,32,33);13,15-17,23H,5-8,10,12,14H2,1-4H3;7H,13H2,1-4H3;9-10H,1-7H2;3,9H,4-6H2,1-2H3/t20-,21?,22?,23+;15?,16?,17-;;10-;9-/m10.01/s1. The maximum atomic E-state index is 14.0. The van der Waals surface area contributed by atoms with Crippen LogP contribution in [0.5, 0.6) is 0 Å². The van der Waals surface area contributed by atoms with Crippen LogP contribution in [-0.4, -0.2) is 143 Å². The number of nitrogens with zero attached hydrogens (tertiary/aromatic N) is 1. The molecule has 0 bridgehead atoms. The van der Waals surface area contributed by atoms with Crippen molar-refractivity contribution in [1.82, 2.24) is 0 Å². The number of Topliss-reactive ketones (excluding diaryl/α,β-unsaturated/α-hetero) is 2. The lowest BCUT2D eigenvalue weighted by atomic mass is 9.86. The third-order valence-corrected chi connectivity index (χ3v) is 22.0. The summed E-state index contributed by atoms with van der Waals surface area (Å²) in [7, 11) is 2.75. The number of anilines is 3. The molecule has 1 amide bonds. The average Bonchev–Trinajstić information content (AvgIpc) is 1.71. The fraction of sp³-hybridized carbons (Fsp3) is 0.659. The third kappa shape index (κ3) is 28.9. The van der Waals surface area contributed by atoms with Crippen LogP contribution >= 0.6 is 34.0 Å². The minimum atomic E-state index is -1.01. The highest BCUT2D eigenvalue weighted by Gasteiger charge is 2.38. The summed E-state index contributed by atoms with van der Waals surface area (Å²) in [5.74, 6) is 18.1. The van der Waals surface area contributed by atoms with Crippen molar-refractivity contribution in [3.63, 3.8) is 0 Å². The number of carboxylic acid groups (broad SMARTS) is 1. The topological polar surface area (TPSA) is 238 Å². The Morgan fingerprint density at radius 3 is 1.37 bits per heavy atom. The molecule has 3 aromatic rings. The Kier molecular flexibility index (Phi) is 33.1. The summed E-state index contributed by atoms with van der Waals surface area (Å²) < 4.78 is 43.9. The number of nitrogen functional groups attached to an aromatic ring is 1. The van der Waals surface area contributed by atoms with Crippen molar-refractivity contribution in [2.45, 2.75) is 267 Å². The number of methoxy groups -OCH3 is 2. The van der Waals surface area contributed by atoms with Gasteiger partial charge in [-0.1, -0.05) is 58.8 Å². The number of carboxylic acids is 1. The molecule has 0 radical (unpaired) electrons. The van der Waals surface area contributed by atoms with Gasteiger partial charge in [0.15, 0.2) is 0 Å². The number of nitrogens with one attached hydrogen (secondary N) is 1. The van der Waals surface area contributed by atoms with Gasteiger partial charge < -0.3 is 59.0 Å². The Hall–Kier alpha value is -6.16. The number of thiophene rings is 3. The zero-order chi connectivity index (χ0) is 75.0. The van der Waals surface area contributed by atoms with E-state index in [4.69, 9.17) is 38.9 Å². The molecule has 4 N–H and O–H groups in total. The van der Waals surface area contributed by atoms with Crippen molar-refractivity contribution in [1.29, 1.82) is 0 Å². The van der Waals surface area contributed by atoms with Crippen molar-refractivity contribution in [2.24, 2.45) is 28.1 Å². The van der Waals surface area contributed by atoms with Crippen molar-refractivity contribution < 1.29 is 71.8 Å². The molecule has 3 aromatic heterocycles. The molecule has 5 atom stereocenters. The number of hydrogen-bond acceptors (Lipinski definition) is 19. The molecule has 3 saturated heterocycles. The number of hydrogen-bond donors (Lipinski definition) is 3. The summed E-state index contributed by atoms with van der Waals surface area (Å²) in [6.45, 7) is 28.9. The highest BCUT2D eigenvalue weighted by atomic mass is 32.1. The van der Waals surface area contributed by atoms with Crippen LogP contribution in [0.2, 0.25) is 0 Å². The van der Waals surface area contributed by atoms with Crippen LogP contribution in [-0.2, 0) is 52.3 Å². The maximum absolute atomic E-state index is 14.0. The Morgan fingerprint density at radius 2 is 0.951 bits per heavy atom. The fourth-order valence-corrected chi connectivity index (χ4v) is 15.6. The highest BCUT2D eigenvalue weighted by molar-refractivity contribution is 7.15. The van der Waals surface area contributed by atoms with E-state index in [1.807, 2.05) is 58.6 Å². The molecule has 11 rings (SSSR count). The van der Waals surface area contributed by atoms with E-state index in [0.717, 1.165) is 164 Å². The Labute approximate surface area is 625 Å². The van der Waals surface area contributed by atoms with E-state index < -0.39 is 11.9 Å². The monoisotopic (exact) mass is 1480 g/mol. The van der Waals surface area contributed by atoms with Crippen LogP contribution < -0.4 is 16.0 Å². The first-order chi connectivity index (χ1) is 48.8. The predicted molar refractivity (Wildman–Crippen MR) is 410 cm³/mol. The lowest BCUT2D eigenvalue weighted by molar-refractivity contribution is -0.124. The quantitative estimate of drug-likeness (QED) is 0.0728. The number of aromatic carboxylic acids is 1. The maximum Gasteiger partial charge on any atom is 0.350 e. The molecule has 0 spiro atoms. The summed E-state index contributed by atoms with van der Waals surface area (Å²) in [4.78, 5) is 77.0. The lowest BCUT2D eigenvalue weighted by Gasteiger charge is -2.39. The number of nitrogens with two attached hydrogens (primary N) is 1. The molecule has 3 aliphatic heterocycles. The smallest absolute Gasteiger partial charge is 0.350 e. The first-order valence-corrected chi connectivity index (χ1v) is 39.6. The predicted octanol–water partition coefficient (Wildman–Crippen LogP) is 16.6. The zero-order valence-electron chi connectivity index (χ0n) is 63.7. The summed E-state index contributed by atoms with van der Waals surface area (Å²) in [6, 6.07) is 5.80. The van der Waals surface area contributed by atoms with Crippen molar-refractivity contribution in [2.75, 3.05) is 69.8 Å². The van der Waals surface area contributed by atoms with Gasteiger partial charge in [0.1, 0.15) is 26.2 Å². The Bertz CT molecular complexity index is 3550. The van der Waals surface area contributed by atoms with Crippen LogP contribution in [0.1, 0.15) is 262 Å².